The summed E-state index contributed by atoms with van der Waals surface area (Å²) in [5.41, 5.74) is 2.14. The fraction of sp³-hybridized carbons (Fsp3) is 0.333. The van der Waals surface area contributed by atoms with Gasteiger partial charge in [-0.25, -0.2) is 14.6 Å². The molecule has 0 unspecified atom stereocenters. The molecule has 4 rings (SSSR count). The van der Waals surface area contributed by atoms with Crippen molar-refractivity contribution in [3.8, 4) is 11.5 Å². The molecule has 26 heavy (non-hydrogen) atoms. The zero-order valence-corrected chi connectivity index (χ0v) is 15.4. The van der Waals surface area contributed by atoms with E-state index in [0.29, 0.717) is 17.4 Å². The minimum atomic E-state index is 0.398. The first-order chi connectivity index (χ1) is 12.7. The Kier molecular flexibility index (Phi) is 4.77. The molecule has 1 aliphatic rings. The number of hydrogen-bond acceptors (Lipinski definition) is 7. The lowest BCUT2D eigenvalue weighted by molar-refractivity contribution is 0.191. The lowest BCUT2D eigenvalue weighted by Gasteiger charge is -2.34. The van der Waals surface area contributed by atoms with Crippen LogP contribution in [0.1, 0.15) is 5.56 Å². The van der Waals surface area contributed by atoms with E-state index in [4.69, 9.17) is 16.6 Å². The van der Waals surface area contributed by atoms with E-state index < -0.39 is 0 Å². The minimum Gasteiger partial charge on any atom is -0.409 e. The van der Waals surface area contributed by atoms with Crippen molar-refractivity contribution in [1.29, 1.82) is 0 Å². The number of rotatable bonds is 4. The van der Waals surface area contributed by atoms with E-state index in [0.717, 1.165) is 37.7 Å². The van der Waals surface area contributed by atoms with Gasteiger partial charge in [0, 0.05) is 44.1 Å². The standard InChI is InChI=1S/C18H20N6OS/c1-14-3-5-15(6-4-14)16-21-24(18(26)25-16)13-22-9-11-23(12-10-22)17-19-7-2-8-20-17/h2-8H,9-13H2,1H3. The third-order valence-electron chi connectivity index (χ3n) is 4.45. The molecule has 0 aliphatic carbocycles. The van der Waals surface area contributed by atoms with Crippen molar-refractivity contribution in [2.75, 3.05) is 31.1 Å². The van der Waals surface area contributed by atoms with Gasteiger partial charge >= 0.3 is 0 Å². The minimum absolute atomic E-state index is 0.398. The topological polar surface area (TPSA) is 63.2 Å². The summed E-state index contributed by atoms with van der Waals surface area (Å²) in [6, 6.07) is 9.91. The highest BCUT2D eigenvalue weighted by Crippen LogP contribution is 2.19. The summed E-state index contributed by atoms with van der Waals surface area (Å²) in [4.78, 5) is 13.5. The van der Waals surface area contributed by atoms with Crippen LogP contribution in [0.2, 0.25) is 0 Å². The summed E-state index contributed by atoms with van der Waals surface area (Å²) in [5, 5.41) is 4.55. The molecule has 0 saturated carbocycles. The molecule has 0 atom stereocenters. The van der Waals surface area contributed by atoms with Gasteiger partial charge in [-0.05, 0) is 37.3 Å². The number of aryl methyl sites for hydroxylation is 1. The molecule has 1 aliphatic heterocycles. The Morgan fingerprint density at radius 1 is 1.04 bits per heavy atom. The maximum atomic E-state index is 5.68. The van der Waals surface area contributed by atoms with E-state index in [1.165, 1.54) is 5.56 Å². The van der Waals surface area contributed by atoms with E-state index >= 15 is 0 Å². The van der Waals surface area contributed by atoms with Crippen LogP contribution >= 0.6 is 12.2 Å². The number of aromatic nitrogens is 4. The molecule has 7 nitrogen and oxygen atoms in total. The molecule has 1 saturated heterocycles. The molecule has 134 valence electrons. The molecule has 2 aromatic heterocycles. The second-order valence-corrected chi connectivity index (χ2v) is 6.68. The summed E-state index contributed by atoms with van der Waals surface area (Å²) in [6.07, 6.45) is 3.55. The molecule has 0 bridgehead atoms. The summed E-state index contributed by atoms with van der Waals surface area (Å²) in [5.74, 6) is 1.35. The van der Waals surface area contributed by atoms with Crippen LogP contribution in [-0.2, 0) is 6.67 Å². The van der Waals surface area contributed by atoms with Crippen LogP contribution in [-0.4, -0.2) is 50.8 Å². The zero-order chi connectivity index (χ0) is 17.9. The van der Waals surface area contributed by atoms with Crippen LogP contribution in [0.25, 0.3) is 11.5 Å². The third kappa shape index (κ3) is 3.66. The van der Waals surface area contributed by atoms with Crippen molar-refractivity contribution in [1.82, 2.24) is 24.6 Å². The van der Waals surface area contributed by atoms with Gasteiger partial charge in [0.1, 0.15) is 0 Å². The fourth-order valence-electron chi connectivity index (χ4n) is 2.94. The van der Waals surface area contributed by atoms with Crippen LogP contribution < -0.4 is 4.90 Å². The van der Waals surface area contributed by atoms with Gasteiger partial charge in [0.15, 0.2) is 0 Å². The van der Waals surface area contributed by atoms with Gasteiger partial charge in [0.25, 0.3) is 4.84 Å². The molecule has 0 spiro atoms. The SMILES string of the molecule is Cc1ccc(-c2nn(CN3CCN(c4ncccn4)CC3)c(=S)o2)cc1. The van der Waals surface area contributed by atoms with Crippen LogP contribution in [0.3, 0.4) is 0 Å². The van der Waals surface area contributed by atoms with E-state index in [2.05, 4.69) is 31.8 Å². The van der Waals surface area contributed by atoms with E-state index in [1.54, 1.807) is 17.1 Å². The first-order valence-electron chi connectivity index (χ1n) is 8.58. The van der Waals surface area contributed by atoms with Crippen molar-refractivity contribution in [3.05, 3.63) is 53.1 Å². The van der Waals surface area contributed by atoms with Crippen LogP contribution in [0.15, 0.2) is 47.1 Å². The Morgan fingerprint density at radius 2 is 1.73 bits per heavy atom. The maximum Gasteiger partial charge on any atom is 0.288 e. The van der Waals surface area contributed by atoms with Crippen LogP contribution in [0.4, 0.5) is 5.95 Å². The highest BCUT2D eigenvalue weighted by Gasteiger charge is 2.20. The summed E-state index contributed by atoms with van der Waals surface area (Å²) >= 11 is 5.34. The molecule has 0 amide bonds. The smallest absolute Gasteiger partial charge is 0.288 e. The largest absolute Gasteiger partial charge is 0.409 e. The first-order valence-corrected chi connectivity index (χ1v) is 8.99. The van der Waals surface area contributed by atoms with Crippen molar-refractivity contribution in [2.24, 2.45) is 0 Å². The Labute approximate surface area is 156 Å². The quantitative estimate of drug-likeness (QED) is 0.656. The van der Waals surface area contributed by atoms with Crippen molar-refractivity contribution < 1.29 is 4.42 Å². The van der Waals surface area contributed by atoms with Crippen molar-refractivity contribution in [2.45, 2.75) is 13.6 Å². The number of benzene rings is 1. The molecule has 3 aromatic rings. The number of hydrogen-bond donors (Lipinski definition) is 0. The molecule has 1 fully saturated rings. The van der Waals surface area contributed by atoms with Gasteiger partial charge in [-0.1, -0.05) is 17.7 Å². The van der Waals surface area contributed by atoms with Crippen molar-refractivity contribution in [3.63, 3.8) is 0 Å². The van der Waals surface area contributed by atoms with Crippen LogP contribution in [0, 0.1) is 11.8 Å². The second kappa shape index (κ2) is 7.35. The summed E-state index contributed by atoms with van der Waals surface area (Å²) in [7, 11) is 0. The van der Waals surface area contributed by atoms with Gasteiger partial charge in [0.2, 0.25) is 11.8 Å². The Bertz CT molecular complexity index is 913. The van der Waals surface area contributed by atoms with Crippen molar-refractivity contribution >= 4 is 18.2 Å². The fourth-order valence-corrected chi connectivity index (χ4v) is 3.12. The number of nitrogens with zero attached hydrogens (tertiary/aromatic N) is 6. The Balaban J connectivity index is 1.41. The average Bonchev–Trinajstić information content (AvgIpc) is 3.04. The van der Waals surface area contributed by atoms with Crippen LogP contribution in [0.5, 0.6) is 0 Å². The normalized spacial score (nSPS) is 15.3. The number of piperazine rings is 1. The first kappa shape index (κ1) is 16.9. The lowest BCUT2D eigenvalue weighted by atomic mass is 10.1. The molecular weight excluding hydrogens is 348 g/mol. The Morgan fingerprint density at radius 3 is 2.42 bits per heavy atom. The molecule has 1 aromatic carbocycles. The van der Waals surface area contributed by atoms with Gasteiger partial charge in [-0.15, -0.1) is 5.10 Å². The molecular formula is C18H20N6OS. The number of anilines is 1. The zero-order valence-electron chi connectivity index (χ0n) is 14.6. The van der Waals surface area contributed by atoms with Gasteiger partial charge in [-0.3, -0.25) is 4.90 Å². The predicted octanol–water partition coefficient (Wildman–Crippen LogP) is 2.75. The average molecular weight is 368 g/mol. The Hall–Kier alpha value is -2.58. The molecule has 0 radical (unpaired) electrons. The highest BCUT2D eigenvalue weighted by molar-refractivity contribution is 7.71. The van der Waals surface area contributed by atoms with Gasteiger partial charge in [0.05, 0.1) is 6.67 Å². The van der Waals surface area contributed by atoms with E-state index in [9.17, 15) is 0 Å². The molecule has 8 heteroatoms. The summed E-state index contributed by atoms with van der Waals surface area (Å²) < 4.78 is 7.43. The monoisotopic (exact) mass is 368 g/mol. The highest BCUT2D eigenvalue weighted by atomic mass is 32.1. The van der Waals surface area contributed by atoms with Gasteiger partial charge in [-0.2, -0.15) is 0 Å². The molecule has 3 heterocycles. The lowest BCUT2D eigenvalue weighted by Crippen LogP contribution is -2.47. The van der Waals surface area contributed by atoms with E-state index in [-0.39, 0.29) is 0 Å². The maximum absolute atomic E-state index is 5.68. The van der Waals surface area contributed by atoms with Gasteiger partial charge < -0.3 is 9.32 Å². The predicted molar refractivity (Wildman–Crippen MR) is 101 cm³/mol. The second-order valence-electron chi connectivity index (χ2n) is 6.33. The van der Waals surface area contributed by atoms with E-state index in [1.807, 2.05) is 30.3 Å². The molecule has 0 N–H and O–H groups in total. The third-order valence-corrected chi connectivity index (χ3v) is 4.74. The summed E-state index contributed by atoms with van der Waals surface area (Å²) in [6.45, 7) is 6.22.